The normalized spacial score (nSPS) is 23.7. The second-order valence-electron chi connectivity index (χ2n) is 5.83. The Morgan fingerprint density at radius 2 is 2.24 bits per heavy atom. The molecule has 2 saturated heterocycles. The Bertz CT molecular complexity index is 523. The summed E-state index contributed by atoms with van der Waals surface area (Å²) >= 11 is 5.94. The Morgan fingerprint density at radius 3 is 3.05 bits per heavy atom. The molecule has 21 heavy (non-hydrogen) atoms. The molecule has 0 saturated carbocycles. The number of piperazine rings is 1. The highest BCUT2D eigenvalue weighted by Gasteiger charge is 2.34. The van der Waals surface area contributed by atoms with Crippen LogP contribution in [0.5, 0.6) is 5.75 Å². The summed E-state index contributed by atoms with van der Waals surface area (Å²) in [7, 11) is 0. The van der Waals surface area contributed by atoms with Crippen LogP contribution >= 0.6 is 11.6 Å². The van der Waals surface area contributed by atoms with Crippen LogP contribution in [0.2, 0.25) is 5.02 Å². The summed E-state index contributed by atoms with van der Waals surface area (Å²) in [5.74, 6) is 0.712. The first-order valence-electron chi connectivity index (χ1n) is 7.58. The number of rotatable bonds is 3. The van der Waals surface area contributed by atoms with E-state index in [4.69, 9.17) is 16.3 Å². The molecule has 0 aromatic heterocycles. The van der Waals surface area contributed by atoms with Crippen molar-refractivity contribution in [3.8, 4) is 5.75 Å². The van der Waals surface area contributed by atoms with E-state index in [1.807, 2.05) is 24.0 Å². The minimum absolute atomic E-state index is 0.0709. The summed E-state index contributed by atoms with van der Waals surface area (Å²) < 4.78 is 5.73. The van der Waals surface area contributed by atoms with Gasteiger partial charge in [-0.25, -0.2) is 0 Å². The molecule has 2 aliphatic heterocycles. The molecule has 114 valence electrons. The second kappa shape index (κ2) is 6.24. The number of hydrogen-bond acceptors (Lipinski definition) is 3. The summed E-state index contributed by atoms with van der Waals surface area (Å²) in [6.07, 6.45) is 1.98. The number of carbonyl (C=O) groups is 1. The maximum atomic E-state index is 12.5. The number of amides is 1. The number of halogens is 1. The predicted molar refractivity (Wildman–Crippen MR) is 82.7 cm³/mol. The Morgan fingerprint density at radius 1 is 1.38 bits per heavy atom. The van der Waals surface area contributed by atoms with Crippen molar-refractivity contribution in [3.05, 3.63) is 29.3 Å². The molecule has 0 bridgehead atoms. The molecule has 0 aliphatic carbocycles. The lowest BCUT2D eigenvalue weighted by Crippen LogP contribution is -2.54. The standard InChI is InChI=1S/C16H21ClN2O2/c1-12(21-15-6-2-4-13(17)10-15)16(20)19-9-8-18-7-3-5-14(18)11-19/h2,4,6,10,12,14H,3,5,7-9,11H2,1H3/t12-,14+/m0/s1. The van der Waals surface area contributed by atoms with Crippen LogP contribution in [0.25, 0.3) is 0 Å². The van der Waals surface area contributed by atoms with Gasteiger partial charge in [0.1, 0.15) is 5.75 Å². The molecule has 2 atom stereocenters. The molecule has 1 aromatic rings. The van der Waals surface area contributed by atoms with E-state index in [2.05, 4.69) is 4.90 Å². The zero-order valence-corrected chi connectivity index (χ0v) is 13.1. The maximum absolute atomic E-state index is 12.5. The highest BCUT2D eigenvalue weighted by atomic mass is 35.5. The first-order chi connectivity index (χ1) is 10.1. The van der Waals surface area contributed by atoms with E-state index in [1.54, 1.807) is 12.1 Å². The topological polar surface area (TPSA) is 32.8 Å². The van der Waals surface area contributed by atoms with Crippen LogP contribution in [0.15, 0.2) is 24.3 Å². The fourth-order valence-electron chi connectivity index (χ4n) is 3.24. The molecule has 0 radical (unpaired) electrons. The molecule has 2 aliphatic rings. The van der Waals surface area contributed by atoms with E-state index in [0.29, 0.717) is 16.8 Å². The Balaban J connectivity index is 1.59. The smallest absolute Gasteiger partial charge is 0.263 e. The van der Waals surface area contributed by atoms with Crippen LogP contribution in [0.3, 0.4) is 0 Å². The van der Waals surface area contributed by atoms with Gasteiger partial charge in [-0.05, 0) is 44.5 Å². The van der Waals surface area contributed by atoms with Gasteiger partial charge in [-0.1, -0.05) is 17.7 Å². The number of nitrogens with zero attached hydrogens (tertiary/aromatic N) is 2. The quantitative estimate of drug-likeness (QED) is 0.859. The molecule has 2 fully saturated rings. The molecule has 0 N–H and O–H groups in total. The molecular weight excluding hydrogens is 288 g/mol. The fourth-order valence-corrected chi connectivity index (χ4v) is 3.42. The average Bonchev–Trinajstić information content (AvgIpc) is 2.93. The van der Waals surface area contributed by atoms with Crippen molar-refractivity contribution in [3.63, 3.8) is 0 Å². The first kappa shape index (κ1) is 14.7. The van der Waals surface area contributed by atoms with Gasteiger partial charge in [0, 0.05) is 30.7 Å². The van der Waals surface area contributed by atoms with E-state index >= 15 is 0 Å². The zero-order chi connectivity index (χ0) is 14.8. The van der Waals surface area contributed by atoms with Crippen LogP contribution in [-0.2, 0) is 4.79 Å². The SMILES string of the molecule is C[C@H](Oc1cccc(Cl)c1)C(=O)N1CCN2CCC[C@@H]2C1. The molecule has 3 rings (SSSR count). The van der Waals surface area contributed by atoms with Gasteiger partial charge in [0.2, 0.25) is 0 Å². The van der Waals surface area contributed by atoms with E-state index in [-0.39, 0.29) is 5.91 Å². The lowest BCUT2D eigenvalue weighted by atomic mass is 10.1. The van der Waals surface area contributed by atoms with E-state index in [1.165, 1.54) is 19.4 Å². The second-order valence-corrected chi connectivity index (χ2v) is 6.27. The van der Waals surface area contributed by atoms with Crippen molar-refractivity contribution in [2.75, 3.05) is 26.2 Å². The summed E-state index contributed by atoms with van der Waals surface area (Å²) in [6, 6.07) is 7.72. The van der Waals surface area contributed by atoms with Gasteiger partial charge in [-0.15, -0.1) is 0 Å². The van der Waals surface area contributed by atoms with Crippen LogP contribution in [0, 0.1) is 0 Å². The predicted octanol–water partition coefficient (Wildman–Crippen LogP) is 2.41. The van der Waals surface area contributed by atoms with Crippen molar-refractivity contribution in [1.82, 2.24) is 9.80 Å². The van der Waals surface area contributed by atoms with Crippen molar-refractivity contribution in [2.24, 2.45) is 0 Å². The Labute approximate surface area is 130 Å². The fraction of sp³-hybridized carbons (Fsp3) is 0.562. The highest BCUT2D eigenvalue weighted by Crippen LogP contribution is 2.23. The highest BCUT2D eigenvalue weighted by molar-refractivity contribution is 6.30. The lowest BCUT2D eigenvalue weighted by molar-refractivity contribution is -0.140. The largest absolute Gasteiger partial charge is 0.481 e. The van der Waals surface area contributed by atoms with Gasteiger partial charge in [-0.3, -0.25) is 9.69 Å². The van der Waals surface area contributed by atoms with Crippen molar-refractivity contribution in [2.45, 2.75) is 31.9 Å². The third-order valence-electron chi connectivity index (χ3n) is 4.36. The number of ether oxygens (including phenoxy) is 1. The minimum Gasteiger partial charge on any atom is -0.481 e. The molecule has 0 spiro atoms. The zero-order valence-electron chi connectivity index (χ0n) is 12.3. The number of fused-ring (bicyclic) bond motifs is 1. The van der Waals surface area contributed by atoms with Gasteiger partial charge in [-0.2, -0.15) is 0 Å². The van der Waals surface area contributed by atoms with Crippen LogP contribution < -0.4 is 4.74 Å². The molecule has 0 unspecified atom stereocenters. The summed E-state index contributed by atoms with van der Waals surface area (Å²) in [4.78, 5) is 17.0. The summed E-state index contributed by atoms with van der Waals surface area (Å²) in [5.41, 5.74) is 0. The molecule has 1 amide bonds. The van der Waals surface area contributed by atoms with Crippen molar-refractivity contribution < 1.29 is 9.53 Å². The summed E-state index contributed by atoms with van der Waals surface area (Å²) in [6.45, 7) is 5.62. The van der Waals surface area contributed by atoms with Gasteiger partial charge < -0.3 is 9.64 Å². The number of benzene rings is 1. The van der Waals surface area contributed by atoms with Crippen LogP contribution in [-0.4, -0.2) is 54.0 Å². The van der Waals surface area contributed by atoms with E-state index in [9.17, 15) is 4.79 Å². The molecule has 4 nitrogen and oxygen atoms in total. The Hall–Kier alpha value is -1.26. The molecule has 2 heterocycles. The number of hydrogen-bond donors (Lipinski definition) is 0. The Kier molecular flexibility index (Phi) is 4.36. The first-order valence-corrected chi connectivity index (χ1v) is 7.96. The summed E-state index contributed by atoms with van der Waals surface area (Å²) in [5, 5.41) is 0.617. The maximum Gasteiger partial charge on any atom is 0.263 e. The average molecular weight is 309 g/mol. The third kappa shape index (κ3) is 3.33. The molecular formula is C16H21ClN2O2. The van der Waals surface area contributed by atoms with Gasteiger partial charge in [0.05, 0.1) is 0 Å². The van der Waals surface area contributed by atoms with Crippen LogP contribution in [0.1, 0.15) is 19.8 Å². The van der Waals surface area contributed by atoms with E-state index in [0.717, 1.165) is 19.6 Å². The van der Waals surface area contributed by atoms with Gasteiger partial charge in [0.15, 0.2) is 6.10 Å². The van der Waals surface area contributed by atoms with Crippen molar-refractivity contribution >= 4 is 17.5 Å². The molecule has 1 aromatic carbocycles. The number of carbonyl (C=O) groups excluding carboxylic acids is 1. The third-order valence-corrected chi connectivity index (χ3v) is 4.59. The minimum atomic E-state index is -0.476. The van der Waals surface area contributed by atoms with Gasteiger partial charge in [0.25, 0.3) is 5.91 Å². The lowest BCUT2D eigenvalue weighted by Gasteiger charge is -2.38. The van der Waals surface area contributed by atoms with Gasteiger partial charge >= 0.3 is 0 Å². The van der Waals surface area contributed by atoms with Crippen LogP contribution in [0.4, 0.5) is 0 Å². The monoisotopic (exact) mass is 308 g/mol. The van der Waals surface area contributed by atoms with E-state index < -0.39 is 6.10 Å². The van der Waals surface area contributed by atoms with Crippen molar-refractivity contribution in [1.29, 1.82) is 0 Å². The molecule has 5 heteroatoms.